The van der Waals surface area contributed by atoms with Crippen molar-refractivity contribution in [3.63, 3.8) is 0 Å². The first-order valence-electron chi connectivity index (χ1n) is 12.6. The summed E-state index contributed by atoms with van der Waals surface area (Å²) in [5.74, 6) is 0.293. The molecule has 0 spiro atoms. The molecule has 0 radical (unpaired) electrons. The molecule has 1 amide bonds. The van der Waals surface area contributed by atoms with Gasteiger partial charge in [-0.3, -0.25) is 14.6 Å². The lowest BCUT2D eigenvalue weighted by Crippen LogP contribution is -2.42. The fourth-order valence-corrected chi connectivity index (χ4v) is 5.34. The maximum atomic E-state index is 13.3. The number of rotatable bonds is 5. The Bertz CT molecular complexity index is 1540. The van der Waals surface area contributed by atoms with E-state index in [9.17, 15) is 14.7 Å². The molecule has 1 aliphatic carbocycles. The standard InChI is InChI=1S/C30H28N4O3/c1-19-10-14-31-17-23(19)20-6-5-7-21(16-20)26(35)28(37)34-15-11-25-24(18-34)27(36)33-29(32-25)30(12-13-30)22-8-3-2-4-9-22/h2-10,14,16-17,26,35H,11-13,15,18H2,1H3,(H,32,33,36). The number of aromatic amines is 1. The molecule has 0 saturated heterocycles. The summed E-state index contributed by atoms with van der Waals surface area (Å²) < 4.78 is 0. The van der Waals surface area contributed by atoms with Crippen LogP contribution in [-0.4, -0.2) is 37.4 Å². The number of nitrogens with one attached hydrogen (secondary N) is 1. The fourth-order valence-electron chi connectivity index (χ4n) is 5.34. The van der Waals surface area contributed by atoms with Crippen LogP contribution in [0.25, 0.3) is 11.1 Å². The van der Waals surface area contributed by atoms with E-state index in [1.54, 1.807) is 23.4 Å². The molecular weight excluding hydrogens is 464 g/mol. The first-order valence-corrected chi connectivity index (χ1v) is 12.6. The highest BCUT2D eigenvalue weighted by atomic mass is 16.3. The molecule has 7 nitrogen and oxygen atoms in total. The van der Waals surface area contributed by atoms with Crippen LogP contribution in [0, 0.1) is 6.92 Å². The second-order valence-electron chi connectivity index (χ2n) is 10.0. The zero-order valence-electron chi connectivity index (χ0n) is 20.6. The van der Waals surface area contributed by atoms with Gasteiger partial charge in [0, 0.05) is 30.9 Å². The van der Waals surface area contributed by atoms with Crippen LogP contribution >= 0.6 is 0 Å². The van der Waals surface area contributed by atoms with Crippen molar-refractivity contribution in [2.75, 3.05) is 6.54 Å². The van der Waals surface area contributed by atoms with Crippen LogP contribution < -0.4 is 5.56 Å². The van der Waals surface area contributed by atoms with Crippen LogP contribution in [0.15, 0.2) is 77.9 Å². The smallest absolute Gasteiger partial charge is 0.256 e. The number of aliphatic hydroxyl groups excluding tert-OH is 1. The third kappa shape index (κ3) is 4.15. The van der Waals surface area contributed by atoms with Crippen molar-refractivity contribution >= 4 is 5.91 Å². The van der Waals surface area contributed by atoms with E-state index < -0.39 is 12.0 Å². The molecule has 6 rings (SSSR count). The van der Waals surface area contributed by atoms with Crippen molar-refractivity contribution in [3.8, 4) is 11.1 Å². The van der Waals surface area contributed by atoms with Crippen LogP contribution in [0.3, 0.4) is 0 Å². The van der Waals surface area contributed by atoms with E-state index in [2.05, 4.69) is 22.1 Å². The van der Waals surface area contributed by atoms with Gasteiger partial charge in [-0.15, -0.1) is 0 Å². The normalized spacial score (nSPS) is 16.6. The van der Waals surface area contributed by atoms with Crippen LogP contribution in [-0.2, 0) is 23.2 Å². The SMILES string of the molecule is Cc1ccncc1-c1cccc(C(O)C(=O)N2CCc3nc(C4(c5ccccc5)CC4)[nH]c(=O)c3C2)c1. The summed E-state index contributed by atoms with van der Waals surface area (Å²) in [5, 5.41) is 11.0. The van der Waals surface area contributed by atoms with Gasteiger partial charge in [0.2, 0.25) is 0 Å². The second-order valence-corrected chi connectivity index (χ2v) is 10.0. The van der Waals surface area contributed by atoms with Gasteiger partial charge in [-0.05, 0) is 54.2 Å². The molecule has 7 heteroatoms. The van der Waals surface area contributed by atoms with E-state index in [1.165, 1.54) is 0 Å². The Balaban J connectivity index is 1.23. The summed E-state index contributed by atoms with van der Waals surface area (Å²) in [4.78, 5) is 40.1. The van der Waals surface area contributed by atoms with Gasteiger partial charge in [0.25, 0.3) is 11.5 Å². The zero-order chi connectivity index (χ0) is 25.6. The first kappa shape index (κ1) is 23.3. The van der Waals surface area contributed by atoms with Crippen molar-refractivity contribution in [1.29, 1.82) is 0 Å². The number of fused-ring (bicyclic) bond motifs is 1. The summed E-state index contributed by atoms with van der Waals surface area (Å²) in [6.07, 6.45) is 4.57. The monoisotopic (exact) mass is 492 g/mol. The van der Waals surface area contributed by atoms with Crippen molar-refractivity contribution in [1.82, 2.24) is 19.9 Å². The first-order chi connectivity index (χ1) is 18.0. The van der Waals surface area contributed by atoms with Crippen LogP contribution in [0.2, 0.25) is 0 Å². The maximum Gasteiger partial charge on any atom is 0.256 e. The van der Waals surface area contributed by atoms with E-state index in [-0.39, 0.29) is 17.5 Å². The molecule has 1 saturated carbocycles. The Morgan fingerprint density at radius 1 is 1.11 bits per heavy atom. The van der Waals surface area contributed by atoms with Gasteiger partial charge < -0.3 is 15.0 Å². The Hall–Kier alpha value is -4.10. The van der Waals surface area contributed by atoms with Gasteiger partial charge in [0.05, 0.1) is 23.2 Å². The van der Waals surface area contributed by atoms with Crippen molar-refractivity contribution in [3.05, 3.63) is 117 Å². The fraction of sp³-hybridized carbons (Fsp3) is 0.267. The van der Waals surface area contributed by atoms with Crippen LogP contribution in [0.4, 0.5) is 0 Å². The molecule has 1 aliphatic heterocycles. The van der Waals surface area contributed by atoms with E-state index in [0.717, 1.165) is 40.8 Å². The average molecular weight is 493 g/mol. The molecule has 0 bridgehead atoms. The minimum atomic E-state index is -1.32. The Morgan fingerprint density at radius 2 is 1.92 bits per heavy atom. The molecule has 1 atom stereocenters. The number of carbonyl (C=O) groups excluding carboxylic acids is 1. The lowest BCUT2D eigenvalue weighted by Gasteiger charge is -2.30. The van der Waals surface area contributed by atoms with Crippen molar-refractivity contribution < 1.29 is 9.90 Å². The van der Waals surface area contributed by atoms with Crippen molar-refractivity contribution in [2.24, 2.45) is 0 Å². The summed E-state index contributed by atoms with van der Waals surface area (Å²) in [6, 6.07) is 19.4. The highest BCUT2D eigenvalue weighted by molar-refractivity contribution is 5.83. The molecule has 1 unspecified atom stereocenters. The van der Waals surface area contributed by atoms with Crippen LogP contribution in [0.5, 0.6) is 0 Å². The van der Waals surface area contributed by atoms with Gasteiger partial charge in [-0.1, -0.05) is 48.5 Å². The number of hydrogen-bond acceptors (Lipinski definition) is 5. The predicted octanol–water partition coefficient (Wildman–Crippen LogP) is 3.84. The summed E-state index contributed by atoms with van der Waals surface area (Å²) in [7, 11) is 0. The quantitative estimate of drug-likeness (QED) is 0.441. The van der Waals surface area contributed by atoms with Crippen LogP contribution in [0.1, 0.15) is 52.7 Å². The van der Waals surface area contributed by atoms with E-state index in [4.69, 9.17) is 4.98 Å². The molecule has 3 heterocycles. The number of hydrogen-bond donors (Lipinski definition) is 2. The van der Waals surface area contributed by atoms with E-state index in [0.29, 0.717) is 29.9 Å². The number of H-pyrrole nitrogens is 1. The molecule has 37 heavy (non-hydrogen) atoms. The Morgan fingerprint density at radius 3 is 2.68 bits per heavy atom. The number of carbonyl (C=O) groups is 1. The number of benzene rings is 2. The van der Waals surface area contributed by atoms with E-state index >= 15 is 0 Å². The number of aryl methyl sites for hydroxylation is 1. The minimum Gasteiger partial charge on any atom is -0.378 e. The molecule has 2 aromatic heterocycles. The van der Waals surface area contributed by atoms with Gasteiger partial charge in [-0.25, -0.2) is 4.98 Å². The van der Waals surface area contributed by atoms with Crippen molar-refractivity contribution in [2.45, 2.75) is 44.2 Å². The lowest BCUT2D eigenvalue weighted by atomic mass is 9.94. The number of aliphatic hydroxyl groups is 1. The molecular formula is C30H28N4O3. The highest BCUT2D eigenvalue weighted by Gasteiger charge is 2.48. The summed E-state index contributed by atoms with van der Waals surface area (Å²) in [5.41, 5.74) is 5.39. The average Bonchev–Trinajstić information content (AvgIpc) is 3.75. The topological polar surface area (TPSA) is 99.2 Å². The Kier molecular flexibility index (Phi) is 5.72. The summed E-state index contributed by atoms with van der Waals surface area (Å²) >= 11 is 0. The molecule has 186 valence electrons. The third-order valence-electron chi connectivity index (χ3n) is 7.70. The molecule has 2 N–H and O–H groups in total. The lowest BCUT2D eigenvalue weighted by molar-refractivity contribution is -0.141. The van der Waals surface area contributed by atoms with Gasteiger partial charge in [-0.2, -0.15) is 0 Å². The molecule has 2 aromatic carbocycles. The largest absolute Gasteiger partial charge is 0.378 e. The number of pyridine rings is 1. The van der Waals surface area contributed by atoms with E-state index in [1.807, 2.05) is 49.4 Å². The third-order valence-corrected chi connectivity index (χ3v) is 7.70. The molecule has 2 aliphatic rings. The van der Waals surface area contributed by atoms with Gasteiger partial charge in [0.1, 0.15) is 5.82 Å². The molecule has 4 aromatic rings. The second kappa shape index (κ2) is 9.09. The Labute approximate surface area is 214 Å². The summed E-state index contributed by atoms with van der Waals surface area (Å²) in [6.45, 7) is 2.53. The zero-order valence-corrected chi connectivity index (χ0v) is 20.6. The number of aromatic nitrogens is 3. The molecule has 1 fully saturated rings. The predicted molar refractivity (Wildman–Crippen MR) is 140 cm³/mol. The van der Waals surface area contributed by atoms with Gasteiger partial charge in [0.15, 0.2) is 6.10 Å². The van der Waals surface area contributed by atoms with Gasteiger partial charge >= 0.3 is 0 Å². The minimum absolute atomic E-state index is 0.133. The number of amides is 1. The highest BCUT2D eigenvalue weighted by Crippen LogP contribution is 2.51. The maximum absolute atomic E-state index is 13.3. The number of nitrogens with zero attached hydrogens (tertiary/aromatic N) is 3.